The molecule has 0 bridgehead atoms. The fourth-order valence-electron chi connectivity index (χ4n) is 2.34. The predicted molar refractivity (Wildman–Crippen MR) is 112 cm³/mol. The van der Waals surface area contributed by atoms with Crippen LogP contribution in [0.4, 0.5) is 4.79 Å². The molecular weight excluding hydrogens is 412 g/mol. The number of aliphatic imine (C=N–C) groups is 1. The second kappa shape index (κ2) is 10.3. The molecule has 0 aromatic heterocycles. The number of guanidine groups is 1. The fraction of sp³-hybridized carbons (Fsp3) is 0.526. The average Bonchev–Trinajstić information content (AvgIpc) is 2.59. The van der Waals surface area contributed by atoms with E-state index in [2.05, 4.69) is 4.99 Å². The van der Waals surface area contributed by atoms with E-state index in [4.69, 9.17) is 20.4 Å². The van der Waals surface area contributed by atoms with Gasteiger partial charge >= 0.3 is 22.2 Å². The number of rotatable bonds is 8. The molecule has 0 heterocycles. The molecule has 1 atom stereocenters. The number of aryl methyl sites for hydroxylation is 1. The van der Waals surface area contributed by atoms with Gasteiger partial charge in [0.15, 0.2) is 5.96 Å². The number of benzene rings is 1. The Bertz CT molecular complexity index is 871. The average molecular weight is 443 g/mol. The van der Waals surface area contributed by atoms with Gasteiger partial charge in [-0.1, -0.05) is 17.7 Å². The maximum absolute atomic E-state index is 12.7. The molecule has 10 nitrogen and oxygen atoms in total. The second-order valence-electron chi connectivity index (χ2n) is 7.73. The Kier molecular flexibility index (Phi) is 8.64. The van der Waals surface area contributed by atoms with Crippen molar-refractivity contribution in [3.63, 3.8) is 0 Å². The Hall–Kier alpha value is -2.82. The summed E-state index contributed by atoms with van der Waals surface area (Å²) in [6.07, 6.45) is -0.427. The first-order valence-corrected chi connectivity index (χ1v) is 10.7. The highest BCUT2D eigenvalue weighted by Gasteiger charge is 2.34. The van der Waals surface area contributed by atoms with Crippen LogP contribution in [0.1, 0.15) is 39.2 Å². The van der Waals surface area contributed by atoms with Crippen molar-refractivity contribution in [2.75, 3.05) is 13.6 Å². The smallest absolute Gasteiger partial charge is 0.410 e. The standard InChI is InChI=1S/C19H30N4O6S/c1-13-8-10-14(11-9-13)30(26,27)29-16(24)15(7-6-12-22-17(20)21)23(5)18(25)28-19(2,3)4/h8-11,15H,6-7,12H2,1-5H3,(H4,20,21,22)/t15-/m0/s1. The summed E-state index contributed by atoms with van der Waals surface area (Å²) in [7, 11) is -3.02. The van der Waals surface area contributed by atoms with Crippen LogP contribution in [0.25, 0.3) is 0 Å². The molecule has 0 fully saturated rings. The molecule has 1 aromatic rings. The maximum Gasteiger partial charge on any atom is 0.410 e. The van der Waals surface area contributed by atoms with Crippen LogP contribution >= 0.6 is 0 Å². The van der Waals surface area contributed by atoms with E-state index in [1.54, 1.807) is 39.8 Å². The summed E-state index contributed by atoms with van der Waals surface area (Å²) in [5, 5.41) is 0. The first kappa shape index (κ1) is 25.2. The summed E-state index contributed by atoms with van der Waals surface area (Å²) in [6.45, 7) is 7.01. The number of carbonyl (C=O) groups excluding carboxylic acids is 2. The number of hydrogen-bond donors (Lipinski definition) is 2. The SMILES string of the molecule is Cc1ccc(S(=O)(=O)OC(=O)[C@H](CCCN=C(N)N)N(C)C(=O)OC(C)(C)C)cc1. The number of nitrogens with zero attached hydrogens (tertiary/aromatic N) is 2. The minimum Gasteiger partial charge on any atom is -0.444 e. The number of nitrogens with two attached hydrogens (primary N) is 2. The molecule has 0 aliphatic rings. The number of carbonyl (C=O) groups is 2. The molecule has 11 heteroatoms. The quantitative estimate of drug-likeness (QED) is 0.266. The zero-order valence-corrected chi connectivity index (χ0v) is 18.7. The van der Waals surface area contributed by atoms with Crippen LogP contribution in [-0.4, -0.2) is 56.6 Å². The summed E-state index contributed by atoms with van der Waals surface area (Å²) < 4.78 is 35.0. The largest absolute Gasteiger partial charge is 0.444 e. The van der Waals surface area contributed by atoms with Gasteiger partial charge in [-0.2, -0.15) is 8.42 Å². The van der Waals surface area contributed by atoms with E-state index >= 15 is 0 Å². The zero-order valence-electron chi connectivity index (χ0n) is 17.9. The molecule has 4 N–H and O–H groups in total. The molecule has 1 rings (SSSR count). The third-order valence-corrected chi connectivity index (χ3v) is 5.09. The van der Waals surface area contributed by atoms with Gasteiger partial charge in [-0.05, 0) is 52.7 Å². The van der Waals surface area contributed by atoms with E-state index in [0.717, 1.165) is 10.5 Å². The normalized spacial score (nSPS) is 12.6. The van der Waals surface area contributed by atoms with Crippen LogP contribution in [0, 0.1) is 6.92 Å². The monoisotopic (exact) mass is 442 g/mol. The van der Waals surface area contributed by atoms with E-state index in [-0.39, 0.29) is 23.8 Å². The van der Waals surface area contributed by atoms with Crippen LogP contribution < -0.4 is 11.5 Å². The van der Waals surface area contributed by atoms with Gasteiger partial charge in [0, 0.05) is 13.6 Å². The summed E-state index contributed by atoms with van der Waals surface area (Å²) >= 11 is 0. The molecule has 0 saturated carbocycles. The molecular formula is C19H30N4O6S. The topological polar surface area (TPSA) is 154 Å². The minimum absolute atomic E-state index is 0.0643. The minimum atomic E-state index is -4.36. The Labute approximate surface area is 177 Å². The maximum atomic E-state index is 12.7. The van der Waals surface area contributed by atoms with Gasteiger partial charge in [-0.3, -0.25) is 9.89 Å². The molecule has 0 unspecified atom stereocenters. The number of likely N-dealkylation sites (N-methyl/N-ethyl adjacent to an activating group) is 1. The van der Waals surface area contributed by atoms with Crippen molar-refractivity contribution in [3.05, 3.63) is 29.8 Å². The van der Waals surface area contributed by atoms with Crippen molar-refractivity contribution in [2.24, 2.45) is 16.5 Å². The number of hydrogen-bond acceptors (Lipinski definition) is 7. The molecule has 1 amide bonds. The lowest BCUT2D eigenvalue weighted by Gasteiger charge is -2.29. The van der Waals surface area contributed by atoms with E-state index in [1.807, 2.05) is 0 Å². The van der Waals surface area contributed by atoms with Gasteiger partial charge in [0.1, 0.15) is 16.5 Å². The van der Waals surface area contributed by atoms with Gasteiger partial charge in [0.05, 0.1) is 0 Å². The highest BCUT2D eigenvalue weighted by molar-refractivity contribution is 7.87. The molecule has 168 valence electrons. The molecule has 0 saturated heterocycles. The fourth-order valence-corrected chi connectivity index (χ4v) is 3.23. The van der Waals surface area contributed by atoms with Gasteiger partial charge in [0.2, 0.25) is 0 Å². The summed E-state index contributed by atoms with van der Waals surface area (Å²) in [5.41, 5.74) is 10.6. The van der Waals surface area contributed by atoms with E-state index in [0.29, 0.717) is 6.42 Å². The van der Waals surface area contributed by atoms with Gasteiger partial charge < -0.3 is 20.4 Å². The molecule has 0 radical (unpaired) electrons. The Morgan fingerprint density at radius 3 is 2.23 bits per heavy atom. The molecule has 0 spiro atoms. The van der Waals surface area contributed by atoms with Crippen molar-refractivity contribution >= 4 is 28.1 Å². The van der Waals surface area contributed by atoms with E-state index in [9.17, 15) is 18.0 Å². The second-order valence-corrected chi connectivity index (χ2v) is 9.27. The van der Waals surface area contributed by atoms with Gasteiger partial charge in [-0.15, -0.1) is 0 Å². The highest BCUT2D eigenvalue weighted by atomic mass is 32.2. The van der Waals surface area contributed by atoms with Crippen molar-refractivity contribution < 1.29 is 26.9 Å². The number of ether oxygens (including phenoxy) is 1. The van der Waals surface area contributed by atoms with Crippen molar-refractivity contribution in [1.82, 2.24) is 4.90 Å². The first-order chi connectivity index (χ1) is 13.7. The van der Waals surface area contributed by atoms with Crippen LogP contribution in [0.5, 0.6) is 0 Å². The molecule has 30 heavy (non-hydrogen) atoms. The first-order valence-electron chi connectivity index (χ1n) is 9.29. The lowest BCUT2D eigenvalue weighted by molar-refractivity contribution is -0.139. The molecule has 0 aliphatic carbocycles. The lowest BCUT2D eigenvalue weighted by atomic mass is 10.1. The van der Waals surface area contributed by atoms with Crippen LogP contribution in [0.2, 0.25) is 0 Å². The predicted octanol–water partition coefficient (Wildman–Crippen LogP) is 1.52. The third-order valence-electron chi connectivity index (χ3n) is 3.85. The number of amides is 1. The van der Waals surface area contributed by atoms with Gasteiger partial charge in [-0.25, -0.2) is 9.59 Å². The third kappa shape index (κ3) is 8.27. The van der Waals surface area contributed by atoms with Crippen molar-refractivity contribution in [2.45, 2.75) is 57.1 Å². The summed E-state index contributed by atoms with van der Waals surface area (Å²) in [4.78, 5) is 29.8. The Morgan fingerprint density at radius 1 is 1.17 bits per heavy atom. The Balaban J connectivity index is 3.03. The summed E-state index contributed by atoms with van der Waals surface area (Å²) in [6, 6.07) is 4.63. The van der Waals surface area contributed by atoms with Crippen LogP contribution in [-0.2, 0) is 23.8 Å². The van der Waals surface area contributed by atoms with E-state index in [1.165, 1.54) is 19.2 Å². The van der Waals surface area contributed by atoms with Gasteiger partial charge in [0.25, 0.3) is 0 Å². The van der Waals surface area contributed by atoms with Crippen LogP contribution in [0.3, 0.4) is 0 Å². The molecule has 0 aliphatic heterocycles. The van der Waals surface area contributed by atoms with Crippen LogP contribution in [0.15, 0.2) is 34.2 Å². The van der Waals surface area contributed by atoms with Crippen molar-refractivity contribution in [3.8, 4) is 0 Å². The van der Waals surface area contributed by atoms with Crippen molar-refractivity contribution in [1.29, 1.82) is 0 Å². The van der Waals surface area contributed by atoms with E-state index < -0.39 is 33.8 Å². The Morgan fingerprint density at radius 2 is 1.73 bits per heavy atom. The zero-order chi connectivity index (χ0) is 23.1. The molecule has 1 aromatic carbocycles. The summed E-state index contributed by atoms with van der Waals surface area (Å²) in [5.74, 6) is -1.22. The lowest BCUT2D eigenvalue weighted by Crippen LogP contribution is -2.46. The highest BCUT2D eigenvalue weighted by Crippen LogP contribution is 2.18.